The van der Waals surface area contributed by atoms with Crippen LogP contribution >= 0.6 is 0 Å². The molecule has 9 nitrogen and oxygen atoms in total. The quantitative estimate of drug-likeness (QED) is 0.554. The predicted octanol–water partition coefficient (Wildman–Crippen LogP) is 2.29. The fourth-order valence-electron chi connectivity index (χ4n) is 5.29. The van der Waals surface area contributed by atoms with Crippen LogP contribution in [-0.2, 0) is 16.1 Å². The number of nitrogens with zero attached hydrogens (tertiary/aromatic N) is 3. The number of likely N-dealkylation sites (tertiary alicyclic amines) is 1. The first-order valence-electron chi connectivity index (χ1n) is 12.1. The summed E-state index contributed by atoms with van der Waals surface area (Å²) in [4.78, 5) is 57.4. The molecule has 2 atom stereocenters. The van der Waals surface area contributed by atoms with E-state index >= 15 is 0 Å². The Morgan fingerprint density at radius 1 is 0.972 bits per heavy atom. The van der Waals surface area contributed by atoms with E-state index in [0.29, 0.717) is 5.75 Å². The van der Waals surface area contributed by atoms with Crippen molar-refractivity contribution in [2.75, 3.05) is 13.1 Å². The van der Waals surface area contributed by atoms with Crippen LogP contribution in [0.3, 0.4) is 0 Å². The molecule has 4 heterocycles. The van der Waals surface area contributed by atoms with Gasteiger partial charge in [0.1, 0.15) is 17.9 Å². The summed E-state index contributed by atoms with van der Waals surface area (Å²) in [5.41, 5.74) is 2.66. The number of pyridine rings is 1. The molecular weight excluding hydrogens is 460 g/mol. The average molecular weight is 485 g/mol. The van der Waals surface area contributed by atoms with Gasteiger partial charge in [-0.05, 0) is 48.7 Å². The van der Waals surface area contributed by atoms with Gasteiger partial charge in [-0.15, -0.1) is 0 Å². The summed E-state index contributed by atoms with van der Waals surface area (Å²) in [5, 5.41) is 3.35. The third-order valence-corrected chi connectivity index (χ3v) is 7.08. The maximum atomic E-state index is 13.1. The summed E-state index contributed by atoms with van der Waals surface area (Å²) in [6, 6.07) is 14.0. The molecule has 6 rings (SSSR count). The van der Waals surface area contributed by atoms with Crippen LogP contribution < -0.4 is 10.1 Å². The zero-order valence-electron chi connectivity index (χ0n) is 19.5. The Kier molecular flexibility index (Phi) is 5.49. The van der Waals surface area contributed by atoms with Crippen LogP contribution in [0, 0.1) is 0 Å². The van der Waals surface area contributed by atoms with Crippen molar-refractivity contribution in [1.82, 2.24) is 20.1 Å². The Morgan fingerprint density at radius 2 is 1.81 bits per heavy atom. The monoisotopic (exact) mass is 484 g/mol. The Hall–Kier alpha value is -4.11. The molecule has 1 N–H and O–H groups in total. The minimum Gasteiger partial charge on any atom is -0.489 e. The third-order valence-electron chi connectivity index (χ3n) is 7.08. The molecule has 182 valence electrons. The Morgan fingerprint density at radius 3 is 2.67 bits per heavy atom. The Bertz CT molecular complexity index is 1420. The summed E-state index contributed by atoms with van der Waals surface area (Å²) in [6.07, 6.45) is 2.85. The van der Waals surface area contributed by atoms with Gasteiger partial charge in [0.05, 0.1) is 16.6 Å². The van der Waals surface area contributed by atoms with Crippen molar-refractivity contribution in [3.8, 4) is 5.75 Å². The van der Waals surface area contributed by atoms with Gasteiger partial charge in [0.2, 0.25) is 11.8 Å². The van der Waals surface area contributed by atoms with Crippen molar-refractivity contribution in [3.05, 3.63) is 71.4 Å². The summed E-state index contributed by atoms with van der Waals surface area (Å²) in [7, 11) is 0. The Labute approximate surface area is 207 Å². The maximum Gasteiger partial charge on any atom is 0.262 e. The fourth-order valence-corrected chi connectivity index (χ4v) is 5.29. The average Bonchev–Trinajstić information content (AvgIpc) is 3.41. The summed E-state index contributed by atoms with van der Waals surface area (Å²) >= 11 is 0. The van der Waals surface area contributed by atoms with Crippen LogP contribution in [0.15, 0.2) is 54.7 Å². The van der Waals surface area contributed by atoms with Crippen LogP contribution in [-0.4, -0.2) is 63.6 Å². The highest BCUT2D eigenvalue weighted by Crippen LogP contribution is 2.31. The number of hydrogen-bond donors (Lipinski definition) is 1. The lowest BCUT2D eigenvalue weighted by Gasteiger charge is -2.27. The van der Waals surface area contributed by atoms with Gasteiger partial charge < -0.3 is 4.74 Å². The number of aromatic nitrogens is 1. The Balaban J connectivity index is 1.13. The highest BCUT2D eigenvalue weighted by molar-refractivity contribution is 6.23. The van der Waals surface area contributed by atoms with E-state index in [1.54, 1.807) is 18.2 Å². The molecule has 0 radical (unpaired) electrons. The first-order valence-corrected chi connectivity index (χ1v) is 12.1. The lowest BCUT2D eigenvalue weighted by Crippen LogP contribution is -2.54. The number of hydrogen-bond acceptors (Lipinski definition) is 7. The van der Waals surface area contributed by atoms with Gasteiger partial charge in [0, 0.05) is 37.6 Å². The number of carbonyl (C=O) groups is 4. The maximum absolute atomic E-state index is 13.1. The number of imide groups is 2. The van der Waals surface area contributed by atoms with E-state index in [-0.39, 0.29) is 30.1 Å². The van der Waals surface area contributed by atoms with Crippen molar-refractivity contribution in [2.24, 2.45) is 0 Å². The van der Waals surface area contributed by atoms with E-state index in [1.165, 1.54) is 5.56 Å². The molecule has 3 aliphatic rings. The molecule has 3 aromatic rings. The van der Waals surface area contributed by atoms with E-state index < -0.39 is 29.7 Å². The number of para-hydroxylation sites is 1. The van der Waals surface area contributed by atoms with Gasteiger partial charge in [-0.2, -0.15) is 0 Å². The van der Waals surface area contributed by atoms with Crippen molar-refractivity contribution in [3.63, 3.8) is 0 Å². The first kappa shape index (κ1) is 22.4. The van der Waals surface area contributed by atoms with Gasteiger partial charge in [-0.25, -0.2) is 0 Å². The number of rotatable bonds is 5. The number of benzene rings is 2. The number of ether oxygens (including phenoxy) is 1. The minimum atomic E-state index is -0.980. The minimum absolute atomic E-state index is 0.0467. The highest BCUT2D eigenvalue weighted by Gasteiger charge is 2.44. The second-order valence-corrected chi connectivity index (χ2v) is 9.41. The van der Waals surface area contributed by atoms with Crippen LogP contribution in [0.25, 0.3) is 10.9 Å². The number of fused-ring (bicyclic) bond motifs is 2. The van der Waals surface area contributed by atoms with Crippen LogP contribution in [0.5, 0.6) is 5.75 Å². The molecule has 3 aliphatic heterocycles. The zero-order chi connectivity index (χ0) is 24.8. The van der Waals surface area contributed by atoms with Gasteiger partial charge in [0.25, 0.3) is 11.8 Å². The standard InChI is InChI=1S/C27H24N4O5/c32-24-8-7-23(25(33)29-24)31-26(34)20-6-5-17(13-21(20)27(31)35)36-18-10-12-30(15-18)14-16-9-11-28-22-4-2-1-3-19(16)22/h1-6,9,11,13,18,23H,7-8,10,12,14-15H2,(H,29,32,33). The van der Waals surface area contributed by atoms with Gasteiger partial charge in [0.15, 0.2) is 0 Å². The van der Waals surface area contributed by atoms with E-state index in [9.17, 15) is 19.2 Å². The lowest BCUT2D eigenvalue weighted by atomic mass is 10.0. The molecule has 2 saturated heterocycles. The molecule has 1 aromatic heterocycles. The molecular formula is C27H24N4O5. The summed E-state index contributed by atoms with van der Waals surface area (Å²) in [5.74, 6) is -1.56. The molecule has 2 unspecified atom stereocenters. The lowest BCUT2D eigenvalue weighted by molar-refractivity contribution is -0.136. The molecule has 2 fully saturated rings. The number of carbonyl (C=O) groups excluding carboxylic acids is 4. The van der Waals surface area contributed by atoms with Gasteiger partial charge >= 0.3 is 0 Å². The number of nitrogens with one attached hydrogen (secondary N) is 1. The van der Waals surface area contributed by atoms with Crippen molar-refractivity contribution in [1.29, 1.82) is 0 Å². The third kappa shape index (κ3) is 3.91. The summed E-state index contributed by atoms with van der Waals surface area (Å²) in [6.45, 7) is 2.41. The topological polar surface area (TPSA) is 109 Å². The zero-order valence-corrected chi connectivity index (χ0v) is 19.5. The molecule has 2 aromatic carbocycles. The largest absolute Gasteiger partial charge is 0.489 e. The smallest absolute Gasteiger partial charge is 0.262 e. The highest BCUT2D eigenvalue weighted by atomic mass is 16.5. The molecule has 0 saturated carbocycles. The van der Waals surface area contributed by atoms with Gasteiger partial charge in [-0.3, -0.25) is 39.3 Å². The number of amides is 4. The van der Waals surface area contributed by atoms with Gasteiger partial charge in [-0.1, -0.05) is 18.2 Å². The van der Waals surface area contributed by atoms with E-state index in [1.807, 2.05) is 30.5 Å². The van der Waals surface area contributed by atoms with Crippen LogP contribution in [0.4, 0.5) is 0 Å². The van der Waals surface area contributed by atoms with Crippen LogP contribution in [0.1, 0.15) is 45.5 Å². The first-order chi connectivity index (χ1) is 17.5. The SMILES string of the molecule is O=C1CCC(N2C(=O)c3ccc(OC4CCN(Cc5ccnc6ccccc56)C4)cc3C2=O)C(=O)N1. The molecule has 9 heteroatoms. The van der Waals surface area contributed by atoms with E-state index in [0.717, 1.165) is 41.9 Å². The molecule has 0 bridgehead atoms. The number of piperidine rings is 1. The van der Waals surface area contributed by atoms with Crippen molar-refractivity contribution >= 4 is 34.5 Å². The molecule has 36 heavy (non-hydrogen) atoms. The normalized spacial score (nSPS) is 22.3. The molecule has 0 spiro atoms. The molecule has 4 amide bonds. The fraction of sp³-hybridized carbons (Fsp3) is 0.296. The van der Waals surface area contributed by atoms with E-state index in [4.69, 9.17) is 4.74 Å². The second-order valence-electron chi connectivity index (χ2n) is 9.41. The second kappa shape index (κ2) is 8.83. The molecule has 0 aliphatic carbocycles. The van der Waals surface area contributed by atoms with Crippen molar-refractivity contribution < 1.29 is 23.9 Å². The predicted molar refractivity (Wildman–Crippen MR) is 129 cm³/mol. The summed E-state index contributed by atoms with van der Waals surface area (Å²) < 4.78 is 6.20. The van der Waals surface area contributed by atoms with Crippen LogP contribution in [0.2, 0.25) is 0 Å². The van der Waals surface area contributed by atoms with E-state index in [2.05, 4.69) is 21.3 Å². The van der Waals surface area contributed by atoms with Crippen molar-refractivity contribution in [2.45, 2.75) is 38.0 Å².